The van der Waals surface area contributed by atoms with Crippen LogP contribution in [0.15, 0.2) is 149 Å². The van der Waals surface area contributed by atoms with Gasteiger partial charge in [0.25, 0.3) is 0 Å². The second kappa shape index (κ2) is 21.6. The first-order chi connectivity index (χ1) is 32.0. The zero-order valence-electron chi connectivity index (χ0n) is 41.7. The first-order valence-corrected chi connectivity index (χ1v) is 29.4. The Kier molecular flexibility index (Phi) is 16.1. The van der Waals surface area contributed by atoms with Crippen LogP contribution in [-0.4, -0.2) is 3.21 Å². The van der Waals surface area contributed by atoms with Gasteiger partial charge in [0.15, 0.2) is 0 Å². The van der Waals surface area contributed by atoms with E-state index < -0.39 is 21.3 Å². The summed E-state index contributed by atoms with van der Waals surface area (Å²) in [5, 5.41) is 0. The molecule has 10 rings (SSSR count). The molecule has 0 aliphatic heterocycles. The predicted molar refractivity (Wildman–Crippen MR) is 281 cm³/mol. The maximum atomic E-state index is 2.73. The summed E-state index contributed by atoms with van der Waals surface area (Å²) in [6.45, 7) is 14.9. The standard InChI is InChI=1S/C45H53.C15H14.C5H5.2ClH.Zr/c1-44(2,3)42-28-38-32(26-40(42)36-23-15-13-21-34(36)30-17-9-7-10-18-30)25-33-27-41(43(29-39(33)38)45(4,5)6)37-24-16-14-22-35(37)31-19-11-8-12-20-31;1-3-8-14(9-4-1)12-7-13-15-10-5-2-6-11-15;1-2-4-5-3-1;;;/h13-16,21-24,26,28-31H,7-12,17-20,25H2,1-6H3;1-6,8-11H,12-13H2;1-3H,4H2;2*1H;/q;;;;;+2/p-2. The van der Waals surface area contributed by atoms with Crippen LogP contribution < -0.4 is 28.1 Å². The summed E-state index contributed by atoms with van der Waals surface area (Å²) in [5.41, 5.74) is 21.3. The zero-order chi connectivity index (χ0) is 45.4. The third kappa shape index (κ3) is 10.4. The maximum absolute atomic E-state index is 3.00. The molecule has 0 bridgehead atoms. The van der Waals surface area contributed by atoms with Gasteiger partial charge < -0.3 is 24.8 Å². The molecule has 0 N–H and O–H groups in total. The molecule has 3 heteroatoms. The molecule has 0 heterocycles. The third-order valence-corrected chi connectivity index (χ3v) is 23.4. The van der Waals surface area contributed by atoms with E-state index in [1.54, 1.807) is 37.6 Å². The van der Waals surface area contributed by atoms with Gasteiger partial charge in [-0.05, 0) is 0 Å². The van der Waals surface area contributed by atoms with Gasteiger partial charge in [-0.3, -0.25) is 0 Å². The Morgan fingerprint density at radius 2 is 1.01 bits per heavy atom. The molecule has 0 saturated heterocycles. The largest absolute Gasteiger partial charge is 1.00 e. The predicted octanol–water partition coefficient (Wildman–Crippen LogP) is 11.0. The van der Waals surface area contributed by atoms with E-state index in [2.05, 4.69) is 187 Å². The molecule has 350 valence electrons. The van der Waals surface area contributed by atoms with Crippen molar-refractivity contribution < 1.29 is 46.1 Å². The van der Waals surface area contributed by atoms with Gasteiger partial charge in [0.2, 0.25) is 0 Å². The van der Waals surface area contributed by atoms with Crippen LogP contribution in [-0.2, 0) is 51.4 Å². The molecule has 0 unspecified atom stereocenters. The van der Waals surface area contributed by atoms with E-state index in [0.29, 0.717) is 11.8 Å². The Balaban J connectivity index is 0.00000312. The van der Waals surface area contributed by atoms with Crippen LogP contribution in [0, 0.1) is 0 Å². The first kappa shape index (κ1) is 50.5. The van der Waals surface area contributed by atoms with Gasteiger partial charge in [0, 0.05) is 0 Å². The number of allylic oxidation sites excluding steroid dienone is 4. The number of halogens is 2. The summed E-state index contributed by atoms with van der Waals surface area (Å²) in [7, 11) is 0. The van der Waals surface area contributed by atoms with Crippen molar-refractivity contribution in [3.8, 4) is 33.4 Å². The summed E-state index contributed by atoms with van der Waals surface area (Å²) in [4.78, 5) is 0. The second-order valence-corrected chi connectivity index (χ2v) is 28.8. The molecule has 6 aromatic carbocycles. The molecule has 4 aliphatic rings. The molecule has 0 amide bonds. The van der Waals surface area contributed by atoms with Crippen LogP contribution >= 0.6 is 0 Å². The van der Waals surface area contributed by atoms with E-state index >= 15 is 0 Å². The Bertz CT molecular complexity index is 2770. The van der Waals surface area contributed by atoms with Gasteiger partial charge in [0.1, 0.15) is 0 Å². The van der Waals surface area contributed by atoms with Crippen LogP contribution in [0.25, 0.3) is 33.4 Å². The summed E-state index contributed by atoms with van der Waals surface area (Å²) in [6, 6.07) is 50.4. The Morgan fingerprint density at radius 1 is 0.515 bits per heavy atom. The fourth-order valence-corrected chi connectivity index (χ4v) is 21.1. The monoisotopic (exact) mass is 1010 g/mol. The maximum Gasteiger partial charge on any atom is -1.00 e. The smallest absolute Gasteiger partial charge is 1.00 e. The molecule has 68 heavy (non-hydrogen) atoms. The first-order valence-electron chi connectivity index (χ1n) is 25.8. The van der Waals surface area contributed by atoms with E-state index in [-0.39, 0.29) is 35.6 Å². The number of hydrogen-bond acceptors (Lipinski definition) is 0. The van der Waals surface area contributed by atoms with Crippen molar-refractivity contribution in [1.82, 2.24) is 0 Å². The molecular weight excluding hydrogens is 943 g/mol. The Labute approximate surface area is 430 Å². The van der Waals surface area contributed by atoms with Gasteiger partial charge in [-0.1, -0.05) is 0 Å². The van der Waals surface area contributed by atoms with Crippen LogP contribution in [0.3, 0.4) is 0 Å². The SMILES string of the molecule is CC(C)(C)c1cc2c(cc1-c1ccccc1C1CCCCC1)Cc1c-2cc(C(C)(C)C)c(-c2ccccc2C2CCCCC2)[c]1[Zr+2]([C]1=CC=CC1)=[C](Cc1ccccc1)Cc1ccccc1.[Cl-].[Cl-]. The van der Waals surface area contributed by atoms with Crippen LogP contribution in [0.5, 0.6) is 0 Å². The molecule has 6 aromatic rings. The van der Waals surface area contributed by atoms with Crippen molar-refractivity contribution in [2.75, 3.05) is 0 Å². The van der Waals surface area contributed by atoms with Gasteiger partial charge in [-0.25, -0.2) is 0 Å². The van der Waals surface area contributed by atoms with Crippen molar-refractivity contribution in [1.29, 1.82) is 0 Å². The third-order valence-electron chi connectivity index (χ3n) is 15.7. The Morgan fingerprint density at radius 3 is 1.54 bits per heavy atom. The van der Waals surface area contributed by atoms with Crippen molar-refractivity contribution >= 4 is 6.48 Å². The molecule has 0 atom stereocenters. The molecule has 2 fully saturated rings. The minimum Gasteiger partial charge on any atom is -1.00 e. The van der Waals surface area contributed by atoms with Gasteiger partial charge in [-0.2, -0.15) is 0 Å². The van der Waals surface area contributed by atoms with E-state index in [0.717, 1.165) is 25.7 Å². The summed E-state index contributed by atoms with van der Waals surface area (Å²) < 4.78 is 5.30. The Hall–Kier alpha value is -3.87. The van der Waals surface area contributed by atoms with Gasteiger partial charge >= 0.3 is 409 Å². The van der Waals surface area contributed by atoms with E-state index in [1.165, 1.54) is 114 Å². The molecule has 0 spiro atoms. The van der Waals surface area contributed by atoms with Crippen LogP contribution in [0.1, 0.15) is 169 Å². The topological polar surface area (TPSA) is 0 Å². The fourth-order valence-electron chi connectivity index (χ4n) is 12.5. The molecular formula is C65H72Cl2Zr. The summed E-state index contributed by atoms with van der Waals surface area (Å²) >= 11 is -3.00. The van der Waals surface area contributed by atoms with Crippen molar-refractivity contribution in [2.45, 2.75) is 154 Å². The summed E-state index contributed by atoms with van der Waals surface area (Å²) in [6.07, 6.45) is 24.9. The second-order valence-electron chi connectivity index (χ2n) is 22.4. The summed E-state index contributed by atoms with van der Waals surface area (Å²) in [5.74, 6) is 1.25. The normalized spacial score (nSPS) is 15.9. The van der Waals surface area contributed by atoms with Crippen molar-refractivity contribution in [3.05, 3.63) is 193 Å². The molecule has 2 saturated carbocycles. The molecule has 0 nitrogen and oxygen atoms in total. The average molecular weight is 1020 g/mol. The molecule has 0 aromatic heterocycles. The number of benzene rings is 6. The number of hydrogen-bond donors (Lipinski definition) is 0. The zero-order valence-corrected chi connectivity index (χ0v) is 45.6. The van der Waals surface area contributed by atoms with E-state index in [1.807, 2.05) is 0 Å². The van der Waals surface area contributed by atoms with Crippen LogP contribution in [0.2, 0.25) is 0 Å². The van der Waals surface area contributed by atoms with Gasteiger partial charge in [-0.15, -0.1) is 0 Å². The average Bonchev–Trinajstić information content (AvgIpc) is 4.00. The number of rotatable bonds is 10. The van der Waals surface area contributed by atoms with E-state index in [9.17, 15) is 0 Å². The minimum atomic E-state index is -3.00. The van der Waals surface area contributed by atoms with Gasteiger partial charge in [0.05, 0.1) is 0 Å². The van der Waals surface area contributed by atoms with Crippen molar-refractivity contribution in [3.63, 3.8) is 0 Å². The quantitative estimate of drug-likeness (QED) is 0.128. The molecule has 0 radical (unpaired) electrons. The van der Waals surface area contributed by atoms with Crippen molar-refractivity contribution in [2.24, 2.45) is 0 Å². The fraction of sp³-hybridized carbons (Fsp3) is 0.369. The minimum absolute atomic E-state index is 0. The molecule has 4 aliphatic carbocycles. The van der Waals surface area contributed by atoms with E-state index in [4.69, 9.17) is 0 Å². The van der Waals surface area contributed by atoms with Crippen LogP contribution in [0.4, 0.5) is 0 Å². The number of fused-ring (bicyclic) bond motifs is 3.